The molecule has 1 fully saturated rings. The number of carboxylic acids is 2. The molecule has 33 heavy (non-hydrogen) atoms. The molecule has 7 nitrogen and oxygen atoms in total. The Morgan fingerprint density at radius 2 is 1.76 bits per heavy atom. The molecule has 0 saturated carbocycles. The number of pyridine rings is 1. The number of benzene rings is 1. The highest BCUT2D eigenvalue weighted by atomic mass is 19.4. The van der Waals surface area contributed by atoms with Gasteiger partial charge >= 0.3 is 18.1 Å². The molecule has 3 atom stereocenters. The molecule has 0 bridgehead atoms. The van der Waals surface area contributed by atoms with Crippen LogP contribution in [0.15, 0.2) is 48.7 Å². The zero-order valence-corrected chi connectivity index (χ0v) is 17.9. The van der Waals surface area contributed by atoms with E-state index in [0.29, 0.717) is 0 Å². The minimum Gasteiger partial charge on any atom is -0.481 e. The Balaban J connectivity index is 2.20. The molecule has 0 unspecified atom stereocenters. The fourth-order valence-electron chi connectivity index (χ4n) is 4.53. The van der Waals surface area contributed by atoms with Gasteiger partial charge in [-0.15, -0.1) is 0 Å². The van der Waals surface area contributed by atoms with E-state index in [1.54, 1.807) is 26.0 Å². The number of carbonyl (C=O) groups excluding carboxylic acids is 1. The third-order valence-electron chi connectivity index (χ3n) is 5.81. The average molecular weight is 464 g/mol. The predicted octanol–water partition coefficient (Wildman–Crippen LogP) is 4.26. The highest BCUT2D eigenvalue weighted by molar-refractivity contribution is 5.99. The summed E-state index contributed by atoms with van der Waals surface area (Å²) in [5, 5.41) is 20.1. The molecule has 10 heteroatoms. The van der Waals surface area contributed by atoms with Crippen LogP contribution in [-0.4, -0.2) is 43.5 Å². The van der Waals surface area contributed by atoms with Crippen LogP contribution in [0, 0.1) is 11.8 Å². The third kappa shape index (κ3) is 4.55. The second-order valence-corrected chi connectivity index (χ2v) is 8.53. The first-order valence-electron chi connectivity index (χ1n) is 10.3. The number of carbonyl (C=O) groups is 3. The Morgan fingerprint density at radius 1 is 1.12 bits per heavy atom. The molecule has 1 aliphatic rings. The number of aromatic nitrogens is 1. The second kappa shape index (κ2) is 8.84. The average Bonchev–Trinajstić information content (AvgIpc) is 3.09. The number of rotatable bonds is 6. The molecular formula is C23H23F3N2O5. The van der Waals surface area contributed by atoms with Crippen LogP contribution in [0.5, 0.6) is 0 Å². The fraction of sp³-hybridized carbons (Fsp3) is 0.391. The van der Waals surface area contributed by atoms with Crippen molar-refractivity contribution in [3.63, 3.8) is 0 Å². The van der Waals surface area contributed by atoms with Gasteiger partial charge in [0.05, 0.1) is 23.2 Å². The number of aliphatic carboxylic acids is 2. The van der Waals surface area contributed by atoms with E-state index in [9.17, 15) is 37.8 Å². The Bertz CT molecular complexity index is 1040. The van der Waals surface area contributed by atoms with Crippen LogP contribution in [0.25, 0.3) is 0 Å². The third-order valence-corrected chi connectivity index (χ3v) is 5.81. The monoisotopic (exact) mass is 464 g/mol. The van der Waals surface area contributed by atoms with Gasteiger partial charge in [-0.1, -0.05) is 19.9 Å². The van der Waals surface area contributed by atoms with E-state index in [0.717, 1.165) is 29.2 Å². The molecule has 1 aromatic heterocycles. The molecule has 2 aromatic rings. The topological polar surface area (TPSA) is 108 Å². The summed E-state index contributed by atoms with van der Waals surface area (Å²) < 4.78 is 38.9. The molecule has 3 rings (SSSR count). The lowest BCUT2D eigenvalue weighted by Gasteiger charge is -2.39. The Morgan fingerprint density at radius 3 is 2.21 bits per heavy atom. The van der Waals surface area contributed by atoms with Gasteiger partial charge < -0.3 is 15.1 Å². The Kier molecular flexibility index (Phi) is 6.49. The molecule has 1 aliphatic heterocycles. The molecule has 0 radical (unpaired) electrons. The van der Waals surface area contributed by atoms with Crippen molar-refractivity contribution in [2.75, 3.05) is 0 Å². The van der Waals surface area contributed by atoms with Crippen LogP contribution in [-0.2, 0) is 15.8 Å². The lowest BCUT2D eigenvalue weighted by molar-refractivity contribution is -0.150. The lowest BCUT2D eigenvalue weighted by Crippen LogP contribution is -2.54. The molecule has 1 aromatic carbocycles. The van der Waals surface area contributed by atoms with E-state index in [1.807, 2.05) is 0 Å². The van der Waals surface area contributed by atoms with Crippen LogP contribution < -0.4 is 0 Å². The quantitative estimate of drug-likeness (QED) is 0.662. The van der Waals surface area contributed by atoms with E-state index >= 15 is 0 Å². The first-order chi connectivity index (χ1) is 15.4. The van der Waals surface area contributed by atoms with Crippen molar-refractivity contribution < 1.29 is 37.8 Å². The summed E-state index contributed by atoms with van der Waals surface area (Å²) in [5.41, 5.74) is -2.82. The van der Waals surface area contributed by atoms with Gasteiger partial charge in [0.25, 0.3) is 5.91 Å². The number of carboxylic acid groups (broad SMARTS) is 2. The predicted molar refractivity (Wildman–Crippen MR) is 110 cm³/mol. The molecule has 1 amide bonds. The fourth-order valence-corrected chi connectivity index (χ4v) is 4.53. The maximum atomic E-state index is 13.6. The minimum absolute atomic E-state index is 0.0399. The van der Waals surface area contributed by atoms with E-state index in [2.05, 4.69) is 4.98 Å². The summed E-state index contributed by atoms with van der Waals surface area (Å²) in [6.45, 7) is 3.49. The van der Waals surface area contributed by atoms with Crippen LogP contribution in [0.2, 0.25) is 0 Å². The standard InChI is InChI=1S/C23H23F3N2O5/c1-13(2)11-22(21(32)33)12-16(20(30)31)18(17-5-3-4-10-27-17)28(22)19(29)14-6-8-15(9-7-14)23(24,25)26/h3-10,13,16,18H,11-12H2,1-2H3,(H,30,31)(H,32,33)/t16-,18+,22-/m0/s1. The summed E-state index contributed by atoms with van der Waals surface area (Å²) in [5.74, 6) is -5.02. The molecular weight excluding hydrogens is 441 g/mol. The molecule has 2 heterocycles. The van der Waals surface area contributed by atoms with Crippen molar-refractivity contribution in [3.8, 4) is 0 Å². The van der Waals surface area contributed by atoms with Gasteiger partial charge in [-0.05, 0) is 55.2 Å². The summed E-state index contributed by atoms with van der Waals surface area (Å²) in [4.78, 5) is 43.5. The normalized spacial score (nSPS) is 23.0. The van der Waals surface area contributed by atoms with Gasteiger partial charge in [0.2, 0.25) is 0 Å². The van der Waals surface area contributed by atoms with Gasteiger partial charge in [0.15, 0.2) is 0 Å². The minimum atomic E-state index is -4.61. The van der Waals surface area contributed by atoms with E-state index in [4.69, 9.17) is 0 Å². The Labute approximate surface area is 187 Å². The van der Waals surface area contributed by atoms with Crippen LogP contribution in [0.4, 0.5) is 13.2 Å². The molecule has 1 saturated heterocycles. The summed E-state index contributed by atoms with van der Waals surface area (Å²) in [7, 11) is 0. The summed E-state index contributed by atoms with van der Waals surface area (Å²) >= 11 is 0. The number of nitrogens with zero attached hydrogens (tertiary/aromatic N) is 2. The smallest absolute Gasteiger partial charge is 0.416 e. The molecule has 176 valence electrons. The van der Waals surface area contributed by atoms with Crippen LogP contribution >= 0.6 is 0 Å². The highest BCUT2D eigenvalue weighted by Crippen LogP contribution is 2.50. The largest absolute Gasteiger partial charge is 0.481 e. The van der Waals surface area contributed by atoms with Gasteiger partial charge in [0, 0.05) is 11.8 Å². The maximum absolute atomic E-state index is 13.6. The number of hydrogen-bond acceptors (Lipinski definition) is 4. The maximum Gasteiger partial charge on any atom is 0.416 e. The summed E-state index contributed by atoms with van der Waals surface area (Å²) in [6, 6.07) is 6.87. The van der Waals surface area contributed by atoms with Crippen molar-refractivity contribution in [3.05, 3.63) is 65.5 Å². The Hall–Kier alpha value is -3.43. The van der Waals surface area contributed by atoms with E-state index in [-0.39, 0.29) is 30.0 Å². The first kappa shape index (κ1) is 24.2. The highest BCUT2D eigenvalue weighted by Gasteiger charge is 2.61. The van der Waals surface area contributed by atoms with Crippen molar-refractivity contribution in [1.82, 2.24) is 9.88 Å². The number of halogens is 3. The molecule has 0 spiro atoms. The number of amides is 1. The summed E-state index contributed by atoms with van der Waals surface area (Å²) in [6.07, 6.45) is -3.61. The molecule has 2 N–H and O–H groups in total. The number of alkyl halides is 3. The van der Waals surface area contributed by atoms with E-state index < -0.39 is 47.1 Å². The van der Waals surface area contributed by atoms with Gasteiger partial charge in [0.1, 0.15) is 5.54 Å². The SMILES string of the molecule is CC(C)C[C@@]1(C(=O)O)C[C@H](C(=O)O)[C@H](c2ccccn2)N1C(=O)c1ccc(C(F)(F)F)cc1. The first-order valence-corrected chi connectivity index (χ1v) is 10.3. The van der Waals surface area contributed by atoms with Gasteiger partial charge in [-0.2, -0.15) is 13.2 Å². The second-order valence-electron chi connectivity index (χ2n) is 8.53. The zero-order valence-electron chi connectivity index (χ0n) is 17.9. The van der Waals surface area contributed by atoms with Crippen molar-refractivity contribution in [1.29, 1.82) is 0 Å². The van der Waals surface area contributed by atoms with E-state index in [1.165, 1.54) is 12.3 Å². The lowest BCUT2D eigenvalue weighted by atomic mass is 9.83. The van der Waals surface area contributed by atoms with Crippen LogP contribution in [0.3, 0.4) is 0 Å². The molecule has 0 aliphatic carbocycles. The number of likely N-dealkylation sites (tertiary alicyclic amines) is 1. The van der Waals surface area contributed by atoms with Gasteiger partial charge in [-0.25, -0.2) is 4.79 Å². The van der Waals surface area contributed by atoms with Crippen molar-refractivity contribution in [2.45, 2.75) is 44.4 Å². The van der Waals surface area contributed by atoms with Crippen LogP contribution in [0.1, 0.15) is 54.3 Å². The number of hydrogen-bond donors (Lipinski definition) is 2. The van der Waals surface area contributed by atoms with Gasteiger partial charge in [-0.3, -0.25) is 14.6 Å². The zero-order chi connectivity index (χ0) is 24.6. The van der Waals surface area contributed by atoms with Crippen molar-refractivity contribution >= 4 is 17.8 Å². The van der Waals surface area contributed by atoms with Crippen molar-refractivity contribution in [2.24, 2.45) is 11.8 Å².